The summed E-state index contributed by atoms with van der Waals surface area (Å²) in [5, 5.41) is 6.25. The molecule has 0 aromatic heterocycles. The quantitative estimate of drug-likeness (QED) is 0.374. The van der Waals surface area contributed by atoms with Gasteiger partial charge in [0.05, 0.1) is 18.7 Å². The second-order valence-electron chi connectivity index (χ2n) is 6.23. The molecule has 0 spiro atoms. The predicted molar refractivity (Wildman–Crippen MR) is 107 cm³/mol. The Labute approximate surface area is 168 Å². The van der Waals surface area contributed by atoms with Gasteiger partial charge in [0.2, 0.25) is 0 Å². The highest BCUT2D eigenvalue weighted by molar-refractivity contribution is 5.79. The number of halogens is 3. The van der Waals surface area contributed by atoms with E-state index < -0.39 is 11.7 Å². The van der Waals surface area contributed by atoms with E-state index in [4.69, 9.17) is 9.47 Å². The summed E-state index contributed by atoms with van der Waals surface area (Å²) < 4.78 is 48.4. The fourth-order valence-corrected chi connectivity index (χ4v) is 2.44. The molecule has 2 rings (SSSR count). The van der Waals surface area contributed by atoms with Gasteiger partial charge in [-0.15, -0.1) is 0 Å². The summed E-state index contributed by atoms with van der Waals surface area (Å²) >= 11 is 0. The first-order valence-corrected chi connectivity index (χ1v) is 9.31. The molecule has 0 aliphatic carbocycles. The molecule has 0 saturated carbocycles. The molecule has 158 valence electrons. The maximum atomic E-state index is 12.6. The van der Waals surface area contributed by atoms with Gasteiger partial charge in [-0.05, 0) is 42.3 Å². The Balaban J connectivity index is 1.90. The van der Waals surface area contributed by atoms with Crippen LogP contribution in [0.4, 0.5) is 13.2 Å². The van der Waals surface area contributed by atoms with Crippen LogP contribution < -0.4 is 15.4 Å². The van der Waals surface area contributed by atoms with Crippen LogP contribution in [-0.2, 0) is 24.0 Å². The van der Waals surface area contributed by atoms with Crippen LogP contribution in [-0.4, -0.2) is 32.8 Å². The summed E-state index contributed by atoms with van der Waals surface area (Å²) in [5.74, 6) is 1.36. The van der Waals surface area contributed by atoms with Gasteiger partial charge in [0, 0.05) is 20.2 Å². The molecule has 0 amide bonds. The molecule has 0 heterocycles. The van der Waals surface area contributed by atoms with Crippen LogP contribution in [0.5, 0.6) is 5.75 Å². The average Bonchev–Trinajstić information content (AvgIpc) is 2.71. The van der Waals surface area contributed by atoms with E-state index >= 15 is 0 Å². The van der Waals surface area contributed by atoms with Gasteiger partial charge in [0.1, 0.15) is 12.4 Å². The molecule has 2 aromatic rings. The summed E-state index contributed by atoms with van der Waals surface area (Å²) in [6, 6.07) is 12.7. The zero-order valence-electron chi connectivity index (χ0n) is 16.6. The first kappa shape index (κ1) is 22.5. The summed E-state index contributed by atoms with van der Waals surface area (Å²) in [5.41, 5.74) is 1.09. The first-order valence-electron chi connectivity index (χ1n) is 9.31. The highest BCUT2D eigenvalue weighted by Gasteiger charge is 2.29. The topological polar surface area (TPSA) is 54.9 Å². The van der Waals surface area contributed by atoms with Crippen LogP contribution >= 0.6 is 0 Å². The maximum Gasteiger partial charge on any atom is 0.416 e. The number of guanidine groups is 1. The number of nitrogens with zero attached hydrogens (tertiary/aromatic N) is 1. The van der Waals surface area contributed by atoms with Gasteiger partial charge in [0.25, 0.3) is 0 Å². The number of alkyl halides is 3. The fourth-order valence-electron chi connectivity index (χ4n) is 2.44. The number of rotatable bonds is 9. The minimum Gasteiger partial charge on any atom is -0.491 e. The highest BCUT2D eigenvalue weighted by atomic mass is 19.4. The van der Waals surface area contributed by atoms with E-state index in [1.165, 1.54) is 12.1 Å². The number of aliphatic imine (C=N–C) groups is 1. The van der Waals surface area contributed by atoms with Crippen molar-refractivity contribution in [2.75, 3.05) is 26.9 Å². The number of benzene rings is 2. The van der Waals surface area contributed by atoms with Crippen molar-refractivity contribution in [1.82, 2.24) is 10.6 Å². The van der Waals surface area contributed by atoms with Crippen molar-refractivity contribution < 1.29 is 22.6 Å². The van der Waals surface area contributed by atoms with Gasteiger partial charge in [-0.1, -0.05) is 24.3 Å². The van der Waals surface area contributed by atoms with E-state index in [2.05, 4.69) is 15.6 Å². The molecule has 0 aliphatic rings. The van der Waals surface area contributed by atoms with E-state index in [1.807, 2.05) is 31.2 Å². The lowest BCUT2D eigenvalue weighted by molar-refractivity contribution is -0.137. The minimum atomic E-state index is -4.33. The van der Waals surface area contributed by atoms with Gasteiger partial charge in [-0.2, -0.15) is 13.2 Å². The highest BCUT2D eigenvalue weighted by Crippen LogP contribution is 2.29. The van der Waals surface area contributed by atoms with Gasteiger partial charge in [0.15, 0.2) is 5.96 Å². The third-order valence-corrected chi connectivity index (χ3v) is 3.98. The van der Waals surface area contributed by atoms with Crippen molar-refractivity contribution in [2.45, 2.75) is 26.2 Å². The zero-order chi connectivity index (χ0) is 21.1. The molecule has 5 nitrogen and oxygen atoms in total. The molecule has 0 saturated heterocycles. The molecule has 0 bridgehead atoms. The van der Waals surface area contributed by atoms with Gasteiger partial charge in [-0.25, -0.2) is 4.99 Å². The van der Waals surface area contributed by atoms with Crippen LogP contribution in [0, 0.1) is 0 Å². The Morgan fingerprint density at radius 3 is 2.17 bits per heavy atom. The van der Waals surface area contributed by atoms with E-state index in [0.717, 1.165) is 29.0 Å². The van der Waals surface area contributed by atoms with Crippen LogP contribution in [0.15, 0.2) is 53.5 Å². The van der Waals surface area contributed by atoms with Crippen molar-refractivity contribution in [1.29, 1.82) is 0 Å². The molecule has 0 fully saturated rings. The van der Waals surface area contributed by atoms with Crippen molar-refractivity contribution in [3.63, 3.8) is 0 Å². The maximum absolute atomic E-state index is 12.6. The summed E-state index contributed by atoms with van der Waals surface area (Å²) in [6.45, 7) is 4.47. The SMILES string of the molecule is CCNC(=NCc1ccc(OCCOC)cc1)NCc1ccc(C(F)(F)F)cc1. The number of hydrogen-bond donors (Lipinski definition) is 2. The third kappa shape index (κ3) is 8.03. The van der Waals surface area contributed by atoms with E-state index in [9.17, 15) is 13.2 Å². The van der Waals surface area contributed by atoms with Crippen LogP contribution in [0.1, 0.15) is 23.6 Å². The van der Waals surface area contributed by atoms with Crippen LogP contribution in [0.3, 0.4) is 0 Å². The summed E-state index contributed by atoms with van der Waals surface area (Å²) in [6.07, 6.45) is -4.33. The molecule has 29 heavy (non-hydrogen) atoms. The Kier molecular flexibility index (Phi) is 8.79. The lowest BCUT2D eigenvalue weighted by atomic mass is 10.1. The normalized spacial score (nSPS) is 12.0. The van der Waals surface area contributed by atoms with Gasteiger partial charge < -0.3 is 20.1 Å². The van der Waals surface area contributed by atoms with E-state index in [-0.39, 0.29) is 0 Å². The Morgan fingerprint density at radius 1 is 0.931 bits per heavy atom. The molecule has 2 aromatic carbocycles. The summed E-state index contributed by atoms with van der Waals surface area (Å²) in [4.78, 5) is 4.51. The number of ether oxygens (including phenoxy) is 2. The number of nitrogens with one attached hydrogen (secondary N) is 2. The molecule has 0 atom stereocenters. The molecular formula is C21H26F3N3O2. The second-order valence-corrected chi connectivity index (χ2v) is 6.23. The van der Waals surface area contributed by atoms with Crippen LogP contribution in [0.25, 0.3) is 0 Å². The largest absolute Gasteiger partial charge is 0.491 e. The lowest BCUT2D eigenvalue weighted by Gasteiger charge is -2.12. The second kappa shape index (κ2) is 11.3. The van der Waals surface area contributed by atoms with E-state index in [1.54, 1.807) is 7.11 Å². The molecule has 0 aliphatic heterocycles. The standard InChI is InChI=1S/C21H26F3N3O2/c1-3-25-20(26-14-16-4-8-18(9-5-16)21(22,23)24)27-15-17-6-10-19(11-7-17)29-13-12-28-2/h4-11H,3,12-15H2,1-2H3,(H2,25,26,27). The monoisotopic (exact) mass is 409 g/mol. The Bertz CT molecular complexity index is 760. The molecule has 8 heteroatoms. The lowest BCUT2D eigenvalue weighted by Crippen LogP contribution is -2.36. The van der Waals surface area contributed by atoms with Crippen LogP contribution in [0.2, 0.25) is 0 Å². The molecule has 0 unspecified atom stereocenters. The van der Waals surface area contributed by atoms with Crippen molar-refractivity contribution in [3.05, 3.63) is 65.2 Å². The average molecular weight is 409 g/mol. The smallest absolute Gasteiger partial charge is 0.416 e. The summed E-state index contributed by atoms with van der Waals surface area (Å²) in [7, 11) is 1.62. The third-order valence-electron chi connectivity index (χ3n) is 3.98. The number of hydrogen-bond acceptors (Lipinski definition) is 3. The van der Waals surface area contributed by atoms with E-state index in [0.29, 0.717) is 38.8 Å². The first-order chi connectivity index (χ1) is 13.9. The fraction of sp³-hybridized carbons (Fsp3) is 0.381. The zero-order valence-corrected chi connectivity index (χ0v) is 16.6. The molecule has 0 radical (unpaired) electrons. The Morgan fingerprint density at radius 2 is 1.59 bits per heavy atom. The minimum absolute atomic E-state index is 0.371. The molecule has 2 N–H and O–H groups in total. The van der Waals surface area contributed by atoms with Gasteiger partial charge >= 0.3 is 6.18 Å². The number of methoxy groups -OCH3 is 1. The van der Waals surface area contributed by atoms with Crippen molar-refractivity contribution in [3.8, 4) is 5.75 Å². The predicted octanol–water partition coefficient (Wildman–Crippen LogP) is 3.99. The van der Waals surface area contributed by atoms with Crippen molar-refractivity contribution >= 4 is 5.96 Å². The van der Waals surface area contributed by atoms with Gasteiger partial charge in [-0.3, -0.25) is 0 Å². The Hall–Kier alpha value is -2.74. The van der Waals surface area contributed by atoms with Crippen molar-refractivity contribution in [2.24, 2.45) is 4.99 Å². The molecular weight excluding hydrogens is 383 g/mol.